The molecule has 6 heterocycles. The quantitative estimate of drug-likeness (QED) is 0.526. The van der Waals surface area contributed by atoms with Crippen molar-refractivity contribution in [2.45, 2.75) is 67.6 Å². The van der Waals surface area contributed by atoms with Crippen molar-refractivity contribution in [2.75, 3.05) is 36.0 Å². The molecule has 0 bridgehead atoms. The maximum absolute atomic E-state index is 6.79. The summed E-state index contributed by atoms with van der Waals surface area (Å²) in [6.07, 6.45) is 8.16. The molecule has 36 heavy (non-hydrogen) atoms. The summed E-state index contributed by atoms with van der Waals surface area (Å²) in [5.41, 5.74) is 7.99. The molecule has 0 aliphatic carbocycles. The minimum atomic E-state index is 0.0921. The number of piperidine rings is 1. The van der Waals surface area contributed by atoms with Crippen molar-refractivity contribution in [1.29, 1.82) is 0 Å². The molecule has 2 N–H and O–H groups in total. The van der Waals surface area contributed by atoms with E-state index in [1.54, 1.807) is 0 Å². The molecular weight excluding hydrogens is 494 g/mol. The molecule has 0 amide bonds. The van der Waals surface area contributed by atoms with Crippen LogP contribution in [0, 0.1) is 5.41 Å². The Labute approximate surface area is 221 Å². The van der Waals surface area contributed by atoms with Crippen LogP contribution < -0.4 is 15.5 Å². The average Bonchev–Trinajstić information content (AvgIpc) is 3.44. The SMILES string of the molecule is C[C@@H]1OCC2(CCN(c3cnc4nc(Sc5ccnc(N6CCC[C@H]6C)c5Cl)ccc4n3)CC2)[C@@H]1N. The second-order valence-corrected chi connectivity index (χ2v) is 11.8. The summed E-state index contributed by atoms with van der Waals surface area (Å²) in [6.45, 7) is 7.87. The molecule has 6 rings (SSSR count). The Kier molecular flexibility index (Phi) is 6.44. The highest BCUT2D eigenvalue weighted by Gasteiger charge is 2.47. The lowest BCUT2D eigenvalue weighted by molar-refractivity contribution is 0.0974. The first-order chi connectivity index (χ1) is 17.4. The third-order valence-electron chi connectivity index (χ3n) is 8.17. The number of nitrogens with two attached hydrogens (primary N) is 1. The van der Waals surface area contributed by atoms with Crippen LogP contribution in [0.4, 0.5) is 11.6 Å². The summed E-state index contributed by atoms with van der Waals surface area (Å²) in [6, 6.07) is 6.49. The number of hydrogen-bond acceptors (Lipinski definition) is 9. The Balaban J connectivity index is 1.17. The maximum atomic E-state index is 6.79. The van der Waals surface area contributed by atoms with Crippen LogP contribution in [0.2, 0.25) is 5.02 Å². The molecule has 3 atom stereocenters. The van der Waals surface area contributed by atoms with Gasteiger partial charge in [-0.05, 0) is 57.7 Å². The van der Waals surface area contributed by atoms with E-state index in [0.29, 0.717) is 16.7 Å². The standard InChI is InChI=1S/C26H32ClN7OS/c1-16-4-3-11-34(16)25-22(27)19(7-10-29-25)36-21-6-5-18-24(32-21)30-14-20(31-18)33-12-8-26(9-13-33)15-35-17(2)23(26)28/h5-7,10,14,16-17,23H,3-4,8-9,11-13,15,28H2,1-2H3/t16-,17+,23-/m1/s1. The number of pyridine rings is 2. The third-order valence-corrected chi connectivity index (χ3v) is 9.65. The molecule has 3 fully saturated rings. The summed E-state index contributed by atoms with van der Waals surface area (Å²) in [5.74, 6) is 1.75. The molecule has 3 saturated heterocycles. The van der Waals surface area contributed by atoms with E-state index in [1.807, 2.05) is 30.6 Å². The Hall–Kier alpha value is -2.20. The number of aromatic nitrogens is 4. The fourth-order valence-electron chi connectivity index (χ4n) is 5.80. The van der Waals surface area contributed by atoms with Gasteiger partial charge in [0.05, 0.1) is 23.9 Å². The van der Waals surface area contributed by atoms with Gasteiger partial charge >= 0.3 is 0 Å². The van der Waals surface area contributed by atoms with Gasteiger partial charge in [0.25, 0.3) is 0 Å². The van der Waals surface area contributed by atoms with E-state index in [2.05, 4.69) is 33.6 Å². The third kappa shape index (κ3) is 4.30. The largest absolute Gasteiger partial charge is 0.376 e. The number of rotatable bonds is 4. The molecule has 3 aliphatic rings. The van der Waals surface area contributed by atoms with Crippen LogP contribution in [0.3, 0.4) is 0 Å². The summed E-state index contributed by atoms with van der Waals surface area (Å²) in [5, 5.41) is 1.52. The first-order valence-electron chi connectivity index (χ1n) is 12.8. The second kappa shape index (κ2) is 9.59. The minimum absolute atomic E-state index is 0.0921. The molecule has 0 radical (unpaired) electrons. The highest BCUT2D eigenvalue weighted by Crippen LogP contribution is 2.42. The van der Waals surface area contributed by atoms with Gasteiger partial charge in [-0.25, -0.2) is 19.9 Å². The zero-order valence-electron chi connectivity index (χ0n) is 20.7. The number of nitrogens with zero attached hydrogens (tertiary/aromatic N) is 6. The Morgan fingerprint density at radius 2 is 1.94 bits per heavy atom. The van der Waals surface area contributed by atoms with Crippen LogP contribution in [-0.2, 0) is 4.74 Å². The fraction of sp³-hybridized carbons (Fsp3) is 0.538. The number of hydrogen-bond donors (Lipinski definition) is 1. The van der Waals surface area contributed by atoms with Crippen molar-refractivity contribution in [3.63, 3.8) is 0 Å². The molecule has 3 aliphatic heterocycles. The van der Waals surface area contributed by atoms with Crippen molar-refractivity contribution in [1.82, 2.24) is 19.9 Å². The van der Waals surface area contributed by atoms with E-state index in [0.717, 1.165) is 66.2 Å². The zero-order chi connectivity index (χ0) is 24.9. The Morgan fingerprint density at radius 1 is 1.11 bits per heavy atom. The van der Waals surface area contributed by atoms with Crippen molar-refractivity contribution in [2.24, 2.45) is 11.1 Å². The van der Waals surface area contributed by atoms with Crippen LogP contribution in [0.15, 0.2) is 40.5 Å². The molecule has 190 valence electrons. The molecule has 0 saturated carbocycles. The molecule has 0 aromatic carbocycles. The fourth-order valence-corrected chi connectivity index (χ4v) is 6.93. The topological polar surface area (TPSA) is 93.3 Å². The second-order valence-electron chi connectivity index (χ2n) is 10.3. The normalized spacial score (nSPS) is 25.8. The van der Waals surface area contributed by atoms with Crippen LogP contribution in [0.5, 0.6) is 0 Å². The van der Waals surface area contributed by atoms with Crippen molar-refractivity contribution >= 4 is 46.2 Å². The molecule has 8 nitrogen and oxygen atoms in total. The predicted octanol–water partition coefficient (Wildman–Crippen LogP) is 4.55. The van der Waals surface area contributed by atoms with Crippen molar-refractivity contribution < 1.29 is 4.74 Å². The number of fused-ring (bicyclic) bond motifs is 1. The van der Waals surface area contributed by atoms with E-state index < -0.39 is 0 Å². The van der Waals surface area contributed by atoms with E-state index in [4.69, 9.17) is 32.0 Å². The summed E-state index contributed by atoms with van der Waals surface area (Å²) in [4.78, 5) is 24.4. The van der Waals surface area contributed by atoms with E-state index in [1.165, 1.54) is 24.6 Å². The molecule has 3 aromatic rings. The molecule has 3 aromatic heterocycles. The molecule has 0 unspecified atom stereocenters. The molecule has 10 heteroatoms. The van der Waals surface area contributed by atoms with Gasteiger partial charge < -0.3 is 20.3 Å². The smallest absolute Gasteiger partial charge is 0.179 e. The summed E-state index contributed by atoms with van der Waals surface area (Å²) >= 11 is 8.32. The van der Waals surface area contributed by atoms with Gasteiger partial charge in [0, 0.05) is 48.2 Å². The highest BCUT2D eigenvalue weighted by atomic mass is 35.5. The van der Waals surface area contributed by atoms with E-state index >= 15 is 0 Å². The van der Waals surface area contributed by atoms with Crippen molar-refractivity contribution in [3.05, 3.63) is 35.6 Å². The maximum Gasteiger partial charge on any atom is 0.179 e. The number of halogens is 1. The van der Waals surface area contributed by atoms with Crippen molar-refractivity contribution in [3.8, 4) is 0 Å². The highest BCUT2D eigenvalue weighted by molar-refractivity contribution is 7.99. The lowest BCUT2D eigenvalue weighted by Crippen LogP contribution is -2.50. The lowest BCUT2D eigenvalue weighted by atomic mass is 9.73. The predicted molar refractivity (Wildman–Crippen MR) is 144 cm³/mol. The Bertz CT molecular complexity index is 1270. The van der Waals surface area contributed by atoms with Gasteiger partial charge in [-0.1, -0.05) is 23.4 Å². The van der Waals surface area contributed by atoms with Gasteiger partial charge in [-0.3, -0.25) is 0 Å². The monoisotopic (exact) mass is 525 g/mol. The van der Waals surface area contributed by atoms with Crippen LogP contribution in [0.1, 0.15) is 39.5 Å². The lowest BCUT2D eigenvalue weighted by Gasteiger charge is -2.41. The summed E-state index contributed by atoms with van der Waals surface area (Å²) in [7, 11) is 0. The molecule has 1 spiro atoms. The van der Waals surface area contributed by atoms with Gasteiger partial charge in [0.1, 0.15) is 22.2 Å². The van der Waals surface area contributed by atoms with E-state index in [9.17, 15) is 0 Å². The zero-order valence-corrected chi connectivity index (χ0v) is 22.3. The first kappa shape index (κ1) is 24.2. The van der Waals surface area contributed by atoms with Gasteiger partial charge in [0.15, 0.2) is 5.65 Å². The van der Waals surface area contributed by atoms with Crippen LogP contribution in [-0.4, -0.2) is 64.4 Å². The van der Waals surface area contributed by atoms with E-state index in [-0.39, 0.29) is 17.6 Å². The minimum Gasteiger partial charge on any atom is -0.376 e. The van der Waals surface area contributed by atoms with Crippen LogP contribution in [0.25, 0.3) is 11.2 Å². The first-order valence-corrected chi connectivity index (χ1v) is 14.0. The Morgan fingerprint density at radius 3 is 2.67 bits per heavy atom. The molecular formula is C26H32ClN7OS. The number of anilines is 2. The summed E-state index contributed by atoms with van der Waals surface area (Å²) < 4.78 is 5.86. The van der Waals surface area contributed by atoms with Gasteiger partial charge in [0.2, 0.25) is 0 Å². The van der Waals surface area contributed by atoms with Crippen LogP contribution >= 0.6 is 23.4 Å². The average molecular weight is 526 g/mol. The van der Waals surface area contributed by atoms with Gasteiger partial charge in [-0.2, -0.15) is 0 Å². The number of ether oxygens (including phenoxy) is 1. The van der Waals surface area contributed by atoms with Gasteiger partial charge in [-0.15, -0.1) is 0 Å².